The van der Waals surface area contributed by atoms with Crippen LogP contribution in [0.1, 0.15) is 44.0 Å². The molecule has 5 nitrogen and oxygen atoms in total. The molecule has 1 aromatic carbocycles. The number of nitrogens with one attached hydrogen (secondary N) is 2. The van der Waals surface area contributed by atoms with Gasteiger partial charge in [-0.2, -0.15) is 0 Å². The zero-order valence-corrected chi connectivity index (χ0v) is 11.8. The fraction of sp³-hybridized carbons (Fsp3) is 0.429. The van der Waals surface area contributed by atoms with Gasteiger partial charge < -0.3 is 15.7 Å². The quantitative estimate of drug-likeness (QED) is 0.775. The first-order valence-electron chi connectivity index (χ1n) is 6.43. The second-order valence-electron chi connectivity index (χ2n) is 4.85. The molecule has 0 unspecified atom stereocenters. The number of anilines is 1. The third-order valence-corrected chi connectivity index (χ3v) is 3.43. The van der Waals surface area contributed by atoms with Crippen molar-refractivity contribution in [2.45, 2.75) is 39.2 Å². The Hall–Kier alpha value is -2.11. The van der Waals surface area contributed by atoms with E-state index in [-0.39, 0.29) is 11.2 Å². The maximum Gasteiger partial charge on any atom is 0.338 e. The summed E-state index contributed by atoms with van der Waals surface area (Å²) >= 11 is 0. The number of amides is 2. The van der Waals surface area contributed by atoms with Gasteiger partial charge >= 0.3 is 12.0 Å². The van der Waals surface area contributed by atoms with Gasteiger partial charge in [-0.15, -0.1) is 0 Å². The molecule has 20 heavy (non-hydrogen) atoms. The lowest BCUT2D eigenvalue weighted by atomic mass is 9.96. The summed E-state index contributed by atoms with van der Waals surface area (Å²) in [6.45, 7) is 5.84. The van der Waals surface area contributed by atoms with Crippen molar-refractivity contribution >= 4 is 17.7 Å². The number of halogens is 1. The van der Waals surface area contributed by atoms with Crippen molar-refractivity contribution in [1.82, 2.24) is 5.32 Å². The Morgan fingerprint density at radius 1 is 1.30 bits per heavy atom. The third-order valence-electron chi connectivity index (χ3n) is 3.43. The first-order chi connectivity index (χ1) is 9.31. The highest BCUT2D eigenvalue weighted by Gasteiger charge is 2.22. The molecule has 0 radical (unpaired) electrons. The summed E-state index contributed by atoms with van der Waals surface area (Å²) in [6, 6.07) is 2.97. The highest BCUT2D eigenvalue weighted by molar-refractivity contribution is 5.93. The minimum Gasteiger partial charge on any atom is -0.478 e. The van der Waals surface area contributed by atoms with E-state index >= 15 is 0 Å². The molecule has 1 aromatic rings. The van der Waals surface area contributed by atoms with Gasteiger partial charge in [-0.25, -0.2) is 14.0 Å². The molecule has 0 aliphatic heterocycles. The van der Waals surface area contributed by atoms with Crippen LogP contribution in [-0.4, -0.2) is 22.6 Å². The number of aromatic carboxylic acids is 1. The van der Waals surface area contributed by atoms with Crippen molar-refractivity contribution in [3.8, 4) is 0 Å². The SMILES string of the molecule is CCC(C)(CC)NC(=O)Nc1ccc(F)c(C(=O)O)c1. The smallest absolute Gasteiger partial charge is 0.338 e. The zero-order valence-electron chi connectivity index (χ0n) is 11.8. The van der Waals surface area contributed by atoms with Crippen LogP contribution in [0.4, 0.5) is 14.9 Å². The Labute approximate surface area is 117 Å². The molecular weight excluding hydrogens is 263 g/mol. The number of hydrogen-bond donors (Lipinski definition) is 3. The Morgan fingerprint density at radius 3 is 2.40 bits per heavy atom. The second kappa shape index (κ2) is 6.36. The van der Waals surface area contributed by atoms with Crippen molar-refractivity contribution in [2.24, 2.45) is 0 Å². The minimum atomic E-state index is -1.38. The molecule has 0 aromatic heterocycles. The second-order valence-corrected chi connectivity index (χ2v) is 4.85. The van der Waals surface area contributed by atoms with Crippen LogP contribution in [0.25, 0.3) is 0 Å². The Bertz CT molecular complexity index is 513. The lowest BCUT2D eigenvalue weighted by Gasteiger charge is -2.28. The molecule has 0 atom stereocenters. The van der Waals surface area contributed by atoms with Crippen LogP contribution >= 0.6 is 0 Å². The summed E-state index contributed by atoms with van der Waals surface area (Å²) in [5.41, 5.74) is -0.577. The summed E-state index contributed by atoms with van der Waals surface area (Å²) in [6.07, 6.45) is 1.53. The molecule has 6 heteroatoms. The highest BCUT2D eigenvalue weighted by atomic mass is 19.1. The highest BCUT2D eigenvalue weighted by Crippen LogP contribution is 2.17. The van der Waals surface area contributed by atoms with Crippen LogP contribution < -0.4 is 10.6 Å². The van der Waals surface area contributed by atoms with Crippen molar-refractivity contribution in [3.05, 3.63) is 29.6 Å². The molecular formula is C14H19FN2O3. The molecule has 1 rings (SSSR count). The standard InChI is InChI=1S/C14H19FN2O3/c1-4-14(3,5-2)17-13(20)16-9-6-7-11(15)10(8-9)12(18)19/h6-8H,4-5H2,1-3H3,(H,18,19)(H2,16,17,20). The summed E-state index contributed by atoms with van der Waals surface area (Å²) in [7, 11) is 0. The maximum absolute atomic E-state index is 13.2. The van der Waals surface area contributed by atoms with E-state index in [1.165, 1.54) is 6.07 Å². The van der Waals surface area contributed by atoms with Gasteiger partial charge in [0.15, 0.2) is 0 Å². The van der Waals surface area contributed by atoms with Crippen LogP contribution in [0.5, 0.6) is 0 Å². The molecule has 2 amide bonds. The van der Waals surface area contributed by atoms with Crippen molar-refractivity contribution in [3.63, 3.8) is 0 Å². The number of carboxylic acid groups (broad SMARTS) is 1. The predicted molar refractivity (Wildman–Crippen MR) is 74.5 cm³/mol. The minimum absolute atomic E-state index is 0.232. The van der Waals surface area contributed by atoms with Gasteiger partial charge in [0, 0.05) is 11.2 Å². The lowest BCUT2D eigenvalue weighted by molar-refractivity contribution is 0.0692. The van der Waals surface area contributed by atoms with Crippen LogP contribution in [0.2, 0.25) is 0 Å². The third kappa shape index (κ3) is 3.94. The van der Waals surface area contributed by atoms with E-state index in [2.05, 4.69) is 10.6 Å². The van der Waals surface area contributed by atoms with Crippen LogP contribution in [0.15, 0.2) is 18.2 Å². The number of rotatable bonds is 5. The van der Waals surface area contributed by atoms with Crippen molar-refractivity contribution in [1.29, 1.82) is 0 Å². The summed E-state index contributed by atoms with van der Waals surface area (Å²) in [5, 5.41) is 14.1. The fourth-order valence-corrected chi connectivity index (χ4v) is 1.63. The molecule has 0 aliphatic carbocycles. The van der Waals surface area contributed by atoms with E-state index in [1.54, 1.807) is 0 Å². The van der Waals surface area contributed by atoms with Gasteiger partial charge in [-0.3, -0.25) is 0 Å². The Morgan fingerprint density at radius 2 is 1.90 bits per heavy atom. The monoisotopic (exact) mass is 282 g/mol. The van der Waals surface area contributed by atoms with Crippen LogP contribution in [0, 0.1) is 5.82 Å². The van der Waals surface area contributed by atoms with E-state index in [0.29, 0.717) is 0 Å². The molecule has 0 fully saturated rings. The van der Waals surface area contributed by atoms with E-state index in [9.17, 15) is 14.0 Å². The molecule has 0 heterocycles. The van der Waals surface area contributed by atoms with E-state index in [4.69, 9.17) is 5.11 Å². The fourth-order valence-electron chi connectivity index (χ4n) is 1.63. The van der Waals surface area contributed by atoms with Gasteiger partial charge in [0.05, 0.1) is 5.56 Å². The molecule has 3 N–H and O–H groups in total. The largest absolute Gasteiger partial charge is 0.478 e. The molecule has 0 bridgehead atoms. The zero-order chi connectivity index (χ0) is 15.3. The molecule has 0 saturated carbocycles. The van der Waals surface area contributed by atoms with Gasteiger partial charge in [0.2, 0.25) is 0 Å². The molecule has 0 aliphatic rings. The average Bonchev–Trinajstić information content (AvgIpc) is 2.40. The van der Waals surface area contributed by atoms with E-state index in [1.807, 2.05) is 20.8 Å². The van der Waals surface area contributed by atoms with Crippen molar-refractivity contribution in [2.75, 3.05) is 5.32 Å². The van der Waals surface area contributed by atoms with Crippen molar-refractivity contribution < 1.29 is 19.1 Å². The first kappa shape index (κ1) is 15.9. The molecule has 0 spiro atoms. The lowest BCUT2D eigenvalue weighted by Crippen LogP contribution is -2.46. The van der Waals surface area contributed by atoms with Gasteiger partial charge in [-0.1, -0.05) is 13.8 Å². The Balaban J connectivity index is 2.81. The number of urea groups is 1. The summed E-state index contributed by atoms with van der Waals surface area (Å²) in [5.74, 6) is -2.21. The number of hydrogen-bond acceptors (Lipinski definition) is 2. The molecule has 0 saturated heterocycles. The predicted octanol–water partition coefficient (Wildman–Crippen LogP) is 3.22. The summed E-state index contributed by atoms with van der Waals surface area (Å²) < 4.78 is 13.2. The number of benzene rings is 1. The number of carbonyl (C=O) groups excluding carboxylic acids is 1. The maximum atomic E-state index is 13.2. The average molecular weight is 282 g/mol. The first-order valence-corrected chi connectivity index (χ1v) is 6.43. The topological polar surface area (TPSA) is 78.4 Å². The van der Waals surface area contributed by atoms with Gasteiger partial charge in [-0.05, 0) is 38.0 Å². The van der Waals surface area contributed by atoms with E-state index < -0.39 is 23.4 Å². The van der Waals surface area contributed by atoms with E-state index in [0.717, 1.165) is 25.0 Å². The molecule has 110 valence electrons. The Kier molecular flexibility index (Phi) is 5.07. The summed E-state index contributed by atoms with van der Waals surface area (Å²) in [4.78, 5) is 22.7. The van der Waals surface area contributed by atoms with Gasteiger partial charge in [0.1, 0.15) is 5.82 Å². The van der Waals surface area contributed by atoms with Crippen LogP contribution in [-0.2, 0) is 0 Å². The van der Waals surface area contributed by atoms with Crippen LogP contribution in [0.3, 0.4) is 0 Å². The number of carbonyl (C=O) groups is 2. The normalized spacial score (nSPS) is 11.0. The number of carboxylic acids is 1. The van der Waals surface area contributed by atoms with Gasteiger partial charge in [0.25, 0.3) is 0 Å².